The molecule has 0 aromatic heterocycles. The Kier molecular flexibility index (Phi) is 4.07. The summed E-state index contributed by atoms with van der Waals surface area (Å²) >= 11 is 0. The molecule has 2 bridgehead atoms. The van der Waals surface area contributed by atoms with Gasteiger partial charge in [0.05, 0.1) is 4.90 Å². The Hall–Kier alpha value is -2.25. The number of hydrogen-bond donors (Lipinski definition) is 0. The monoisotopic (exact) mass is 398 g/mol. The quantitative estimate of drug-likeness (QED) is 0.745. The second kappa shape index (κ2) is 6.39. The van der Waals surface area contributed by atoms with Crippen LogP contribution >= 0.6 is 0 Å². The van der Waals surface area contributed by atoms with E-state index in [9.17, 15) is 18.0 Å². The van der Waals surface area contributed by atoms with Crippen molar-refractivity contribution in [2.45, 2.75) is 61.5 Å². The third-order valence-corrected chi connectivity index (χ3v) is 8.46. The third-order valence-electron chi connectivity index (χ3n) is 6.40. The summed E-state index contributed by atoms with van der Waals surface area (Å²) in [5.74, 6) is -0.223. The van der Waals surface area contributed by atoms with Gasteiger partial charge < -0.3 is 0 Å². The van der Waals surface area contributed by atoms with Crippen LogP contribution in [-0.2, 0) is 19.6 Å². The van der Waals surface area contributed by atoms with Crippen molar-refractivity contribution in [1.82, 2.24) is 9.21 Å². The molecule has 146 valence electrons. The molecule has 0 aliphatic carbocycles. The molecule has 2 aromatic rings. The minimum absolute atomic E-state index is 0.111. The second-order valence-electron chi connectivity index (χ2n) is 7.98. The fraction of sp³-hybridized carbons (Fsp3) is 0.429. The van der Waals surface area contributed by atoms with Gasteiger partial charge in [-0.3, -0.25) is 14.5 Å². The molecule has 7 heteroatoms. The van der Waals surface area contributed by atoms with Crippen LogP contribution in [0.15, 0.2) is 47.4 Å². The van der Waals surface area contributed by atoms with Gasteiger partial charge in [0.2, 0.25) is 21.8 Å². The molecular formula is C21H22N2O4S. The highest BCUT2D eigenvalue weighted by Crippen LogP contribution is 2.43. The van der Waals surface area contributed by atoms with Gasteiger partial charge in [-0.05, 0) is 37.1 Å². The molecule has 3 fully saturated rings. The Morgan fingerprint density at radius 2 is 1.39 bits per heavy atom. The van der Waals surface area contributed by atoms with Crippen molar-refractivity contribution >= 4 is 32.6 Å². The van der Waals surface area contributed by atoms with Crippen molar-refractivity contribution in [3.8, 4) is 0 Å². The van der Waals surface area contributed by atoms with Crippen LogP contribution in [0.2, 0.25) is 0 Å². The SMILES string of the molecule is O=C1CCC(=O)N1C1CC2CCC(C1)N2S(=O)(=O)c1cccc2ccccc12. The molecule has 2 unspecified atom stereocenters. The van der Waals surface area contributed by atoms with E-state index in [1.165, 1.54) is 4.90 Å². The molecule has 3 heterocycles. The first-order valence-electron chi connectivity index (χ1n) is 9.83. The maximum Gasteiger partial charge on any atom is 0.244 e. The molecular weight excluding hydrogens is 376 g/mol. The van der Waals surface area contributed by atoms with Crippen LogP contribution in [0.1, 0.15) is 38.5 Å². The van der Waals surface area contributed by atoms with E-state index in [1.54, 1.807) is 16.4 Å². The maximum absolute atomic E-state index is 13.6. The highest BCUT2D eigenvalue weighted by Gasteiger charge is 2.50. The van der Waals surface area contributed by atoms with Gasteiger partial charge in [0.15, 0.2) is 0 Å². The van der Waals surface area contributed by atoms with E-state index in [4.69, 9.17) is 0 Å². The number of amides is 2. The molecule has 0 spiro atoms. The standard InChI is InChI=1S/C21H22N2O4S/c24-20-10-11-21(25)22(20)17-12-15-8-9-16(13-17)23(15)28(26,27)19-7-3-5-14-4-1-2-6-18(14)19/h1-7,15-17H,8-13H2. The van der Waals surface area contributed by atoms with Gasteiger partial charge in [0.25, 0.3) is 0 Å². The molecule has 3 aliphatic rings. The van der Waals surface area contributed by atoms with Crippen LogP contribution < -0.4 is 0 Å². The molecule has 3 saturated heterocycles. The Labute approximate surface area is 164 Å². The summed E-state index contributed by atoms with van der Waals surface area (Å²) < 4.78 is 28.9. The Balaban J connectivity index is 1.49. The van der Waals surface area contributed by atoms with Gasteiger partial charge >= 0.3 is 0 Å². The molecule has 2 amide bonds. The van der Waals surface area contributed by atoms with Crippen molar-refractivity contribution in [1.29, 1.82) is 0 Å². The number of carbonyl (C=O) groups excluding carboxylic acids is 2. The minimum atomic E-state index is -3.65. The summed E-state index contributed by atoms with van der Waals surface area (Å²) in [5, 5.41) is 1.63. The molecule has 2 aromatic carbocycles. The second-order valence-corrected chi connectivity index (χ2v) is 9.79. The average Bonchev–Trinajstić information content (AvgIpc) is 3.17. The van der Waals surface area contributed by atoms with Crippen LogP contribution in [0, 0.1) is 0 Å². The number of imide groups is 1. The van der Waals surface area contributed by atoms with Crippen LogP contribution in [0.3, 0.4) is 0 Å². The molecule has 3 aliphatic heterocycles. The Morgan fingerprint density at radius 3 is 2.07 bits per heavy atom. The number of fused-ring (bicyclic) bond motifs is 3. The predicted octanol–water partition coefficient (Wildman–Crippen LogP) is 2.67. The summed E-state index contributed by atoms with van der Waals surface area (Å²) in [6.07, 6.45) is 3.20. The van der Waals surface area contributed by atoms with E-state index in [2.05, 4.69) is 0 Å². The minimum Gasteiger partial charge on any atom is -0.279 e. The largest absolute Gasteiger partial charge is 0.279 e. The molecule has 0 radical (unpaired) electrons. The zero-order valence-electron chi connectivity index (χ0n) is 15.5. The normalized spacial score (nSPS) is 28.4. The smallest absolute Gasteiger partial charge is 0.244 e. The lowest BCUT2D eigenvalue weighted by Crippen LogP contribution is -2.53. The Bertz CT molecular complexity index is 1050. The lowest BCUT2D eigenvalue weighted by atomic mass is 9.98. The van der Waals surface area contributed by atoms with Crippen LogP contribution in [0.5, 0.6) is 0 Å². The number of nitrogens with zero attached hydrogens (tertiary/aromatic N) is 2. The molecule has 0 saturated carbocycles. The van der Waals surface area contributed by atoms with Crippen molar-refractivity contribution in [3.63, 3.8) is 0 Å². The summed E-state index contributed by atoms with van der Waals surface area (Å²) in [6, 6.07) is 12.4. The first-order valence-corrected chi connectivity index (χ1v) is 11.3. The third kappa shape index (κ3) is 2.60. The van der Waals surface area contributed by atoms with E-state index in [1.807, 2.05) is 30.3 Å². The summed E-state index contributed by atoms with van der Waals surface area (Å²) in [7, 11) is -3.65. The highest BCUT2D eigenvalue weighted by atomic mass is 32.2. The maximum atomic E-state index is 13.6. The number of rotatable bonds is 3. The average molecular weight is 398 g/mol. The van der Waals surface area contributed by atoms with Gasteiger partial charge in [-0.15, -0.1) is 0 Å². The molecule has 0 N–H and O–H groups in total. The number of likely N-dealkylation sites (tertiary alicyclic amines) is 1. The van der Waals surface area contributed by atoms with Crippen molar-refractivity contribution in [2.75, 3.05) is 0 Å². The van der Waals surface area contributed by atoms with Crippen molar-refractivity contribution in [3.05, 3.63) is 42.5 Å². The first kappa shape index (κ1) is 17.8. The van der Waals surface area contributed by atoms with Gasteiger partial charge in [-0.2, -0.15) is 4.31 Å². The summed E-state index contributed by atoms with van der Waals surface area (Å²) in [5.41, 5.74) is 0. The number of hydrogen-bond acceptors (Lipinski definition) is 4. The van der Waals surface area contributed by atoms with Gasteiger partial charge in [0, 0.05) is 36.4 Å². The fourth-order valence-corrected chi connectivity index (χ4v) is 7.35. The fourth-order valence-electron chi connectivity index (χ4n) is 5.24. The van der Waals surface area contributed by atoms with Crippen LogP contribution in [0.4, 0.5) is 0 Å². The predicted molar refractivity (Wildman–Crippen MR) is 104 cm³/mol. The molecule has 6 nitrogen and oxygen atoms in total. The van der Waals surface area contributed by atoms with E-state index in [0.29, 0.717) is 17.7 Å². The zero-order chi connectivity index (χ0) is 19.5. The lowest BCUT2D eigenvalue weighted by Gasteiger charge is -2.40. The van der Waals surface area contributed by atoms with E-state index < -0.39 is 10.0 Å². The zero-order valence-corrected chi connectivity index (χ0v) is 16.3. The van der Waals surface area contributed by atoms with Crippen molar-refractivity contribution < 1.29 is 18.0 Å². The summed E-state index contributed by atoms with van der Waals surface area (Å²) in [4.78, 5) is 26.0. The number of carbonyl (C=O) groups is 2. The number of benzene rings is 2. The topological polar surface area (TPSA) is 74.8 Å². The van der Waals surface area contributed by atoms with Crippen LogP contribution in [-0.4, -0.2) is 47.6 Å². The molecule has 28 heavy (non-hydrogen) atoms. The highest BCUT2D eigenvalue weighted by molar-refractivity contribution is 7.89. The van der Waals surface area contributed by atoms with Crippen molar-refractivity contribution in [2.24, 2.45) is 0 Å². The van der Waals surface area contributed by atoms with Gasteiger partial charge in [0.1, 0.15) is 0 Å². The molecule has 5 rings (SSSR count). The first-order chi connectivity index (χ1) is 13.5. The lowest BCUT2D eigenvalue weighted by molar-refractivity contribution is -0.142. The Morgan fingerprint density at radius 1 is 0.786 bits per heavy atom. The van der Waals surface area contributed by atoms with E-state index in [0.717, 1.165) is 23.6 Å². The molecule has 2 atom stereocenters. The van der Waals surface area contributed by atoms with E-state index in [-0.39, 0.29) is 42.8 Å². The van der Waals surface area contributed by atoms with E-state index >= 15 is 0 Å². The number of sulfonamides is 1. The summed E-state index contributed by atoms with van der Waals surface area (Å²) in [6.45, 7) is 0. The number of piperidine rings is 1. The van der Waals surface area contributed by atoms with Gasteiger partial charge in [-0.25, -0.2) is 8.42 Å². The van der Waals surface area contributed by atoms with Gasteiger partial charge in [-0.1, -0.05) is 36.4 Å². The van der Waals surface area contributed by atoms with Crippen LogP contribution in [0.25, 0.3) is 10.8 Å².